The molecule has 80 valence electrons. The van der Waals surface area contributed by atoms with Crippen LogP contribution in [0.25, 0.3) is 0 Å². The summed E-state index contributed by atoms with van der Waals surface area (Å²) in [4.78, 5) is 8.81. The van der Waals surface area contributed by atoms with Crippen LogP contribution < -0.4 is 0 Å². The SMILES string of the molecule is CCCCCCCCC(C)[PH](=O)O. The maximum atomic E-state index is 10.7. The highest BCUT2D eigenvalue weighted by atomic mass is 31.1. The van der Waals surface area contributed by atoms with Crippen molar-refractivity contribution in [2.24, 2.45) is 0 Å². The third kappa shape index (κ3) is 8.52. The van der Waals surface area contributed by atoms with E-state index in [1.54, 1.807) is 0 Å². The summed E-state index contributed by atoms with van der Waals surface area (Å²) in [6, 6.07) is 0. The quantitative estimate of drug-likeness (QED) is 0.486. The fourth-order valence-electron chi connectivity index (χ4n) is 1.35. The van der Waals surface area contributed by atoms with Crippen LogP contribution in [0, 0.1) is 0 Å². The Balaban J connectivity index is 3.11. The minimum atomic E-state index is -2.26. The zero-order valence-corrected chi connectivity index (χ0v) is 9.88. The Kier molecular flexibility index (Phi) is 8.90. The summed E-state index contributed by atoms with van der Waals surface area (Å²) in [5.74, 6) is 0. The first kappa shape index (κ1) is 13.2. The summed E-state index contributed by atoms with van der Waals surface area (Å²) in [5, 5.41) is 0. The molecule has 0 spiro atoms. The molecular formula is C10H23O2P. The second-order valence-electron chi connectivity index (χ2n) is 3.80. The Morgan fingerprint density at radius 3 is 2.23 bits per heavy atom. The van der Waals surface area contributed by atoms with E-state index in [0.717, 1.165) is 12.8 Å². The molecule has 0 heterocycles. The van der Waals surface area contributed by atoms with Crippen molar-refractivity contribution < 1.29 is 9.46 Å². The molecule has 0 aliphatic heterocycles. The fourth-order valence-corrected chi connectivity index (χ4v) is 1.81. The van der Waals surface area contributed by atoms with Gasteiger partial charge in [-0.1, -0.05) is 52.4 Å². The third-order valence-electron chi connectivity index (χ3n) is 2.41. The molecule has 0 aromatic heterocycles. The Labute approximate surface area is 82.6 Å². The smallest absolute Gasteiger partial charge is 0.191 e. The van der Waals surface area contributed by atoms with Crippen molar-refractivity contribution in [1.82, 2.24) is 0 Å². The first-order valence-electron chi connectivity index (χ1n) is 5.41. The molecule has 2 unspecified atom stereocenters. The lowest BCUT2D eigenvalue weighted by Crippen LogP contribution is -1.94. The molecule has 1 N–H and O–H groups in total. The summed E-state index contributed by atoms with van der Waals surface area (Å²) < 4.78 is 10.7. The number of hydrogen-bond acceptors (Lipinski definition) is 1. The average molecular weight is 206 g/mol. The van der Waals surface area contributed by atoms with Gasteiger partial charge in [-0.15, -0.1) is 0 Å². The van der Waals surface area contributed by atoms with Gasteiger partial charge in [-0.05, 0) is 6.42 Å². The number of unbranched alkanes of at least 4 members (excludes halogenated alkanes) is 5. The summed E-state index contributed by atoms with van der Waals surface area (Å²) in [5.41, 5.74) is 0.0242. The molecule has 0 aliphatic carbocycles. The van der Waals surface area contributed by atoms with E-state index in [-0.39, 0.29) is 5.66 Å². The molecule has 0 saturated heterocycles. The zero-order chi connectivity index (χ0) is 10.1. The topological polar surface area (TPSA) is 37.3 Å². The summed E-state index contributed by atoms with van der Waals surface area (Å²) in [6.45, 7) is 4.08. The molecule has 0 rings (SSSR count). The van der Waals surface area contributed by atoms with Crippen molar-refractivity contribution in [3.05, 3.63) is 0 Å². The molecule has 2 nitrogen and oxygen atoms in total. The van der Waals surface area contributed by atoms with Crippen molar-refractivity contribution in [2.75, 3.05) is 0 Å². The summed E-state index contributed by atoms with van der Waals surface area (Å²) in [6.07, 6.45) is 8.46. The van der Waals surface area contributed by atoms with E-state index in [0.29, 0.717) is 0 Å². The molecular weight excluding hydrogens is 183 g/mol. The maximum absolute atomic E-state index is 10.7. The second kappa shape index (κ2) is 8.77. The largest absolute Gasteiger partial charge is 0.346 e. The van der Waals surface area contributed by atoms with Gasteiger partial charge in [0, 0.05) is 5.66 Å². The van der Waals surface area contributed by atoms with Crippen molar-refractivity contribution >= 4 is 8.03 Å². The van der Waals surface area contributed by atoms with Gasteiger partial charge in [0.2, 0.25) is 0 Å². The van der Waals surface area contributed by atoms with Crippen LogP contribution in [0.2, 0.25) is 0 Å². The van der Waals surface area contributed by atoms with Crippen LogP contribution in [0.1, 0.15) is 58.8 Å². The van der Waals surface area contributed by atoms with E-state index in [1.165, 1.54) is 32.1 Å². The Morgan fingerprint density at radius 1 is 1.15 bits per heavy atom. The Hall–Kier alpha value is 0.190. The van der Waals surface area contributed by atoms with E-state index in [2.05, 4.69) is 6.92 Å². The first-order chi connectivity index (χ1) is 6.18. The third-order valence-corrected chi connectivity index (χ3v) is 3.54. The Bertz CT molecular complexity index is 137. The lowest BCUT2D eigenvalue weighted by Gasteiger charge is -2.06. The molecule has 0 saturated carbocycles. The van der Waals surface area contributed by atoms with Crippen molar-refractivity contribution in [1.29, 1.82) is 0 Å². The van der Waals surface area contributed by atoms with Crippen molar-refractivity contribution in [3.63, 3.8) is 0 Å². The minimum Gasteiger partial charge on any atom is -0.346 e. The zero-order valence-electron chi connectivity index (χ0n) is 8.88. The van der Waals surface area contributed by atoms with Gasteiger partial charge in [0.25, 0.3) is 0 Å². The molecule has 2 atom stereocenters. The number of rotatable bonds is 8. The molecule has 0 aliphatic rings. The highest BCUT2D eigenvalue weighted by Crippen LogP contribution is 2.26. The Morgan fingerprint density at radius 2 is 1.69 bits per heavy atom. The fraction of sp³-hybridized carbons (Fsp3) is 1.00. The van der Waals surface area contributed by atoms with Crippen LogP contribution in [-0.2, 0) is 4.57 Å². The molecule has 3 heteroatoms. The van der Waals surface area contributed by atoms with Crippen LogP contribution in [-0.4, -0.2) is 10.6 Å². The standard InChI is InChI=1S/C10H23O2P/c1-3-4-5-6-7-8-9-10(2)13(11)12/h10,13H,3-9H2,1-2H3,(H,11,12). The summed E-state index contributed by atoms with van der Waals surface area (Å²) in [7, 11) is -2.26. The van der Waals surface area contributed by atoms with Gasteiger partial charge in [-0.3, -0.25) is 4.57 Å². The van der Waals surface area contributed by atoms with Crippen LogP contribution in [0.4, 0.5) is 0 Å². The molecule has 13 heavy (non-hydrogen) atoms. The lowest BCUT2D eigenvalue weighted by atomic mass is 10.1. The monoisotopic (exact) mass is 206 g/mol. The molecule has 0 amide bonds. The van der Waals surface area contributed by atoms with Crippen LogP contribution in [0.5, 0.6) is 0 Å². The molecule has 0 fully saturated rings. The molecule has 0 bridgehead atoms. The van der Waals surface area contributed by atoms with Crippen LogP contribution >= 0.6 is 8.03 Å². The highest BCUT2D eigenvalue weighted by Gasteiger charge is 2.06. The number of hydrogen-bond donors (Lipinski definition) is 1. The van der Waals surface area contributed by atoms with Crippen LogP contribution in [0.15, 0.2) is 0 Å². The van der Waals surface area contributed by atoms with E-state index < -0.39 is 8.03 Å². The van der Waals surface area contributed by atoms with Crippen LogP contribution in [0.3, 0.4) is 0 Å². The minimum absolute atomic E-state index is 0.0242. The normalized spacial score (nSPS) is 15.6. The second-order valence-corrected chi connectivity index (χ2v) is 5.46. The molecule has 0 aromatic rings. The first-order valence-corrected chi connectivity index (χ1v) is 6.84. The van der Waals surface area contributed by atoms with Gasteiger partial charge in [-0.2, -0.15) is 0 Å². The van der Waals surface area contributed by atoms with Gasteiger partial charge in [0.1, 0.15) is 0 Å². The van der Waals surface area contributed by atoms with E-state index in [4.69, 9.17) is 4.89 Å². The highest BCUT2D eigenvalue weighted by molar-refractivity contribution is 7.38. The molecule has 0 radical (unpaired) electrons. The van der Waals surface area contributed by atoms with Gasteiger partial charge >= 0.3 is 0 Å². The van der Waals surface area contributed by atoms with Gasteiger partial charge in [0.15, 0.2) is 8.03 Å². The summed E-state index contributed by atoms with van der Waals surface area (Å²) >= 11 is 0. The average Bonchev–Trinajstić information content (AvgIpc) is 2.10. The lowest BCUT2D eigenvalue weighted by molar-refractivity contribution is 0.482. The van der Waals surface area contributed by atoms with E-state index in [9.17, 15) is 4.57 Å². The van der Waals surface area contributed by atoms with E-state index >= 15 is 0 Å². The molecule has 0 aromatic carbocycles. The van der Waals surface area contributed by atoms with Gasteiger partial charge < -0.3 is 4.89 Å². The predicted octanol–water partition coefficient (Wildman–Crippen LogP) is 3.59. The van der Waals surface area contributed by atoms with Gasteiger partial charge in [0.05, 0.1) is 0 Å². The van der Waals surface area contributed by atoms with Crippen molar-refractivity contribution in [3.8, 4) is 0 Å². The van der Waals surface area contributed by atoms with Crippen molar-refractivity contribution in [2.45, 2.75) is 64.5 Å². The van der Waals surface area contributed by atoms with Gasteiger partial charge in [-0.25, -0.2) is 0 Å². The van der Waals surface area contributed by atoms with E-state index in [1.807, 2.05) is 6.92 Å². The maximum Gasteiger partial charge on any atom is 0.191 e. The predicted molar refractivity (Wildman–Crippen MR) is 58.7 cm³/mol.